The summed E-state index contributed by atoms with van der Waals surface area (Å²) >= 11 is 1.66. The van der Waals surface area contributed by atoms with Gasteiger partial charge < -0.3 is 19.6 Å². The minimum absolute atomic E-state index is 0.0467. The Morgan fingerprint density at radius 1 is 1.37 bits per heavy atom. The van der Waals surface area contributed by atoms with Crippen LogP contribution in [0.5, 0.6) is 0 Å². The van der Waals surface area contributed by atoms with E-state index in [0.717, 1.165) is 29.5 Å². The van der Waals surface area contributed by atoms with Gasteiger partial charge in [-0.1, -0.05) is 20.8 Å². The number of aliphatic hydroxyl groups excluding tert-OH is 1. The summed E-state index contributed by atoms with van der Waals surface area (Å²) in [4.78, 5) is 24.8. The normalized spacial score (nSPS) is 17.8. The van der Waals surface area contributed by atoms with Gasteiger partial charge in [-0.05, 0) is 36.7 Å². The lowest BCUT2D eigenvalue weighted by Crippen LogP contribution is -2.37. The summed E-state index contributed by atoms with van der Waals surface area (Å²) in [5, 5.41) is 11.1. The van der Waals surface area contributed by atoms with E-state index in [1.165, 1.54) is 10.4 Å². The molecule has 0 aromatic carbocycles. The molecule has 2 heterocycles. The lowest BCUT2D eigenvalue weighted by Gasteiger charge is -2.24. The molecule has 3 rings (SSSR count). The lowest BCUT2D eigenvalue weighted by molar-refractivity contribution is 0.00296. The summed E-state index contributed by atoms with van der Waals surface area (Å²) < 4.78 is 10.8. The number of thiophene rings is 1. The van der Waals surface area contributed by atoms with Crippen LogP contribution >= 0.6 is 11.3 Å². The first-order valence-electron chi connectivity index (χ1n) is 10.9. The third-order valence-electron chi connectivity index (χ3n) is 5.43. The number of methoxy groups -OCH3 is 1. The van der Waals surface area contributed by atoms with Crippen molar-refractivity contribution in [1.82, 2.24) is 14.9 Å². The molecule has 0 unspecified atom stereocenters. The first kappa shape index (κ1) is 23.3. The van der Waals surface area contributed by atoms with Crippen molar-refractivity contribution in [2.45, 2.75) is 52.7 Å². The maximum absolute atomic E-state index is 12.8. The molecule has 8 heteroatoms. The Balaban J connectivity index is 1.72. The van der Waals surface area contributed by atoms with Gasteiger partial charge in [-0.25, -0.2) is 4.98 Å². The fourth-order valence-corrected chi connectivity index (χ4v) is 5.33. The van der Waals surface area contributed by atoms with Gasteiger partial charge in [0.05, 0.1) is 31.2 Å². The summed E-state index contributed by atoms with van der Waals surface area (Å²) in [7, 11) is 1.66. The van der Waals surface area contributed by atoms with Crippen LogP contribution in [0.15, 0.2) is 4.79 Å². The standard InChI is InChI=1S/C22H35N3O4S/c1-14(2)12-29-13-16(26)10-25(7-8-28-4)11-19-23-21(27)20-17-6-5-15(3)9-18(17)30-22(20)24-19/h14-16,26H,5-13H2,1-4H3,(H,23,24,27)/t15-,16+/m0/s1. The summed E-state index contributed by atoms with van der Waals surface area (Å²) in [5.74, 6) is 1.72. The van der Waals surface area contributed by atoms with Crippen LogP contribution in [-0.4, -0.2) is 66.1 Å². The number of aromatic amines is 1. The van der Waals surface area contributed by atoms with Gasteiger partial charge in [0, 0.05) is 31.7 Å². The van der Waals surface area contributed by atoms with Crippen LogP contribution in [0, 0.1) is 11.8 Å². The van der Waals surface area contributed by atoms with E-state index >= 15 is 0 Å². The highest BCUT2D eigenvalue weighted by atomic mass is 32.1. The molecule has 0 saturated carbocycles. The summed E-state index contributed by atoms with van der Waals surface area (Å²) in [6.07, 6.45) is 2.52. The Hall–Kier alpha value is -1.32. The average Bonchev–Trinajstić information content (AvgIpc) is 3.03. The average molecular weight is 438 g/mol. The van der Waals surface area contributed by atoms with Gasteiger partial charge >= 0.3 is 0 Å². The number of nitrogens with zero attached hydrogens (tertiary/aromatic N) is 2. The topological polar surface area (TPSA) is 87.7 Å². The molecule has 2 aromatic rings. The van der Waals surface area contributed by atoms with Crippen LogP contribution in [-0.2, 0) is 28.9 Å². The predicted molar refractivity (Wildman–Crippen MR) is 120 cm³/mol. The first-order valence-corrected chi connectivity index (χ1v) is 11.7. The van der Waals surface area contributed by atoms with Crippen LogP contribution in [0.4, 0.5) is 0 Å². The molecule has 0 radical (unpaired) electrons. The molecule has 7 nitrogen and oxygen atoms in total. The van der Waals surface area contributed by atoms with Crippen molar-refractivity contribution in [3.8, 4) is 0 Å². The van der Waals surface area contributed by atoms with Crippen molar-refractivity contribution in [2.24, 2.45) is 11.8 Å². The van der Waals surface area contributed by atoms with Crippen molar-refractivity contribution in [2.75, 3.05) is 40.0 Å². The lowest BCUT2D eigenvalue weighted by atomic mass is 9.89. The van der Waals surface area contributed by atoms with Gasteiger partial charge in [0.2, 0.25) is 0 Å². The molecule has 0 saturated heterocycles. The van der Waals surface area contributed by atoms with Crippen molar-refractivity contribution in [1.29, 1.82) is 0 Å². The van der Waals surface area contributed by atoms with E-state index in [1.807, 2.05) is 4.90 Å². The highest BCUT2D eigenvalue weighted by Crippen LogP contribution is 2.35. The highest BCUT2D eigenvalue weighted by Gasteiger charge is 2.23. The Kier molecular flexibility index (Phi) is 8.42. The number of rotatable bonds is 11. The zero-order valence-corrected chi connectivity index (χ0v) is 19.4. The number of hydrogen-bond donors (Lipinski definition) is 2. The van der Waals surface area contributed by atoms with E-state index in [4.69, 9.17) is 14.5 Å². The second-order valence-corrected chi connectivity index (χ2v) is 9.94. The van der Waals surface area contributed by atoms with Crippen molar-refractivity contribution in [3.05, 3.63) is 26.6 Å². The van der Waals surface area contributed by atoms with E-state index < -0.39 is 6.10 Å². The van der Waals surface area contributed by atoms with E-state index in [1.54, 1.807) is 18.4 Å². The van der Waals surface area contributed by atoms with E-state index in [0.29, 0.717) is 57.1 Å². The quantitative estimate of drug-likeness (QED) is 0.562. The van der Waals surface area contributed by atoms with Gasteiger partial charge in [0.1, 0.15) is 10.7 Å². The zero-order valence-electron chi connectivity index (χ0n) is 18.6. The molecule has 0 amide bonds. The highest BCUT2D eigenvalue weighted by molar-refractivity contribution is 7.18. The molecule has 30 heavy (non-hydrogen) atoms. The molecule has 1 aliphatic rings. The SMILES string of the molecule is COCCN(Cc1nc2sc3c(c2c(=O)[nH]1)CC[C@H](C)C3)C[C@@H](O)COCC(C)C. The minimum atomic E-state index is -0.605. The fraction of sp³-hybridized carbons (Fsp3) is 0.727. The largest absolute Gasteiger partial charge is 0.389 e. The van der Waals surface area contributed by atoms with Crippen LogP contribution in [0.3, 0.4) is 0 Å². The third-order valence-corrected chi connectivity index (χ3v) is 6.58. The number of fused-ring (bicyclic) bond motifs is 3. The van der Waals surface area contributed by atoms with Gasteiger partial charge in [0.25, 0.3) is 5.56 Å². The van der Waals surface area contributed by atoms with Crippen molar-refractivity contribution < 1.29 is 14.6 Å². The van der Waals surface area contributed by atoms with Crippen LogP contribution < -0.4 is 5.56 Å². The summed E-state index contributed by atoms with van der Waals surface area (Å²) in [6.45, 7) is 9.41. The maximum Gasteiger partial charge on any atom is 0.259 e. The van der Waals surface area contributed by atoms with E-state index in [2.05, 4.69) is 25.8 Å². The number of aromatic nitrogens is 2. The molecular formula is C22H35N3O4S. The maximum atomic E-state index is 12.8. The summed E-state index contributed by atoms with van der Waals surface area (Å²) in [5.41, 5.74) is 1.15. The van der Waals surface area contributed by atoms with E-state index in [9.17, 15) is 9.90 Å². The van der Waals surface area contributed by atoms with Crippen LogP contribution in [0.1, 0.15) is 43.5 Å². The molecule has 2 aromatic heterocycles. The fourth-order valence-electron chi connectivity index (χ4n) is 3.93. The second-order valence-electron chi connectivity index (χ2n) is 8.86. The molecular weight excluding hydrogens is 402 g/mol. The monoisotopic (exact) mass is 437 g/mol. The first-order chi connectivity index (χ1) is 14.4. The zero-order chi connectivity index (χ0) is 21.7. The van der Waals surface area contributed by atoms with Crippen molar-refractivity contribution in [3.63, 3.8) is 0 Å². The van der Waals surface area contributed by atoms with Gasteiger partial charge in [-0.3, -0.25) is 9.69 Å². The minimum Gasteiger partial charge on any atom is -0.389 e. The predicted octanol–water partition coefficient (Wildman–Crippen LogP) is 2.59. The molecule has 1 aliphatic carbocycles. The molecule has 0 aliphatic heterocycles. The number of aliphatic hydroxyl groups is 1. The number of H-pyrrole nitrogens is 1. The molecule has 0 spiro atoms. The molecule has 0 fully saturated rings. The molecule has 0 bridgehead atoms. The summed E-state index contributed by atoms with van der Waals surface area (Å²) in [6, 6.07) is 0. The van der Waals surface area contributed by atoms with Gasteiger partial charge in [0.15, 0.2) is 0 Å². The van der Waals surface area contributed by atoms with E-state index in [-0.39, 0.29) is 5.56 Å². The van der Waals surface area contributed by atoms with Crippen LogP contribution in [0.25, 0.3) is 10.2 Å². The molecule has 2 N–H and O–H groups in total. The van der Waals surface area contributed by atoms with Gasteiger partial charge in [-0.15, -0.1) is 11.3 Å². The van der Waals surface area contributed by atoms with Crippen LogP contribution in [0.2, 0.25) is 0 Å². The Morgan fingerprint density at radius 3 is 2.90 bits per heavy atom. The molecule has 168 valence electrons. The Morgan fingerprint density at radius 2 is 2.17 bits per heavy atom. The number of aryl methyl sites for hydroxylation is 1. The molecule has 2 atom stereocenters. The third kappa shape index (κ3) is 6.11. The number of ether oxygens (including phenoxy) is 2. The Bertz CT molecular complexity index is 879. The van der Waals surface area contributed by atoms with Gasteiger partial charge in [-0.2, -0.15) is 0 Å². The number of nitrogens with one attached hydrogen (secondary N) is 1. The number of hydrogen-bond acceptors (Lipinski definition) is 7. The van der Waals surface area contributed by atoms with Crippen molar-refractivity contribution >= 4 is 21.6 Å². The Labute approximate surface area is 182 Å². The smallest absolute Gasteiger partial charge is 0.259 e. The second kappa shape index (κ2) is 10.8.